The van der Waals surface area contributed by atoms with Crippen LogP contribution in [0.2, 0.25) is 0 Å². The van der Waals surface area contributed by atoms with Gasteiger partial charge >= 0.3 is 7.82 Å². The van der Waals surface area contributed by atoms with Gasteiger partial charge < -0.3 is 32.7 Å². The standard InChI is InChI=1S/C46H45O9P/c47-56(53-40-27-15-5-16-28-40,54-41-29-17-6-18-30-41)55-46-45(51-34-39-25-13-4-14-26-39)44(50-33-38-23-11-3-12-24-38)43(49-32-37-21-9-2-10-22-37)42(52-46)35-48-31-36-19-7-1-8-20-36/h1-30,42-46H,31-35H2/t42-,43-,44+,45-,46-/m1/s1. The van der Waals surface area contributed by atoms with Gasteiger partial charge in [-0.15, -0.1) is 0 Å². The highest BCUT2D eigenvalue weighted by Crippen LogP contribution is 2.52. The van der Waals surface area contributed by atoms with Crippen LogP contribution >= 0.6 is 7.82 Å². The fourth-order valence-electron chi connectivity index (χ4n) is 6.24. The predicted molar refractivity (Wildman–Crippen MR) is 213 cm³/mol. The van der Waals surface area contributed by atoms with Gasteiger partial charge in [0.25, 0.3) is 0 Å². The van der Waals surface area contributed by atoms with Crippen molar-refractivity contribution in [2.75, 3.05) is 6.61 Å². The Morgan fingerprint density at radius 3 is 1.21 bits per heavy atom. The van der Waals surface area contributed by atoms with Gasteiger partial charge in [0, 0.05) is 0 Å². The molecule has 6 aromatic carbocycles. The van der Waals surface area contributed by atoms with Crippen molar-refractivity contribution in [1.29, 1.82) is 0 Å². The van der Waals surface area contributed by atoms with E-state index in [0.29, 0.717) is 6.61 Å². The maximum atomic E-state index is 14.9. The zero-order chi connectivity index (χ0) is 38.3. The van der Waals surface area contributed by atoms with Gasteiger partial charge in [0.05, 0.1) is 33.0 Å². The molecule has 0 amide bonds. The Kier molecular flexibility index (Phi) is 14.1. The predicted octanol–water partition coefficient (Wildman–Crippen LogP) is 9.97. The molecule has 7 rings (SSSR count). The van der Waals surface area contributed by atoms with Crippen molar-refractivity contribution in [3.63, 3.8) is 0 Å². The lowest BCUT2D eigenvalue weighted by atomic mass is 9.98. The van der Waals surface area contributed by atoms with E-state index in [1.807, 2.05) is 133 Å². The number of hydrogen-bond donors (Lipinski definition) is 0. The molecule has 1 heterocycles. The van der Waals surface area contributed by atoms with Crippen molar-refractivity contribution in [2.24, 2.45) is 0 Å². The van der Waals surface area contributed by atoms with Crippen LogP contribution in [0.1, 0.15) is 22.3 Å². The van der Waals surface area contributed by atoms with Gasteiger partial charge in [-0.05, 0) is 46.5 Å². The molecule has 1 aliphatic rings. The van der Waals surface area contributed by atoms with Crippen LogP contribution in [0.3, 0.4) is 0 Å². The molecule has 10 heteroatoms. The molecule has 9 nitrogen and oxygen atoms in total. The highest BCUT2D eigenvalue weighted by molar-refractivity contribution is 7.49. The van der Waals surface area contributed by atoms with Crippen LogP contribution in [0.15, 0.2) is 182 Å². The first-order valence-corrected chi connectivity index (χ1v) is 20.1. The molecule has 0 aliphatic carbocycles. The maximum absolute atomic E-state index is 14.9. The third-order valence-electron chi connectivity index (χ3n) is 8.99. The molecular formula is C46H45O9P. The Balaban J connectivity index is 1.26. The van der Waals surface area contributed by atoms with Crippen molar-refractivity contribution >= 4 is 7.82 Å². The second-order valence-electron chi connectivity index (χ2n) is 13.2. The maximum Gasteiger partial charge on any atom is 0.590 e. The van der Waals surface area contributed by atoms with E-state index in [1.165, 1.54) is 0 Å². The van der Waals surface area contributed by atoms with Gasteiger partial charge in [-0.1, -0.05) is 158 Å². The van der Waals surface area contributed by atoms with Gasteiger partial charge in [-0.25, -0.2) is 9.09 Å². The van der Waals surface area contributed by atoms with E-state index in [0.717, 1.165) is 22.3 Å². The zero-order valence-corrected chi connectivity index (χ0v) is 31.8. The molecule has 1 aliphatic heterocycles. The van der Waals surface area contributed by atoms with Crippen LogP contribution in [-0.2, 0) is 59.2 Å². The molecule has 56 heavy (non-hydrogen) atoms. The van der Waals surface area contributed by atoms with Gasteiger partial charge in [0.1, 0.15) is 35.9 Å². The summed E-state index contributed by atoms with van der Waals surface area (Å²) in [7, 11) is -4.49. The highest BCUT2D eigenvalue weighted by Gasteiger charge is 2.52. The summed E-state index contributed by atoms with van der Waals surface area (Å²) in [6.45, 7) is 1.08. The first kappa shape index (κ1) is 39.2. The van der Waals surface area contributed by atoms with E-state index in [1.54, 1.807) is 48.5 Å². The van der Waals surface area contributed by atoms with Crippen molar-refractivity contribution < 1.29 is 41.8 Å². The second-order valence-corrected chi connectivity index (χ2v) is 14.7. The fraction of sp³-hybridized carbons (Fsp3) is 0.217. The summed E-state index contributed by atoms with van der Waals surface area (Å²) < 4.78 is 66.8. The van der Waals surface area contributed by atoms with Gasteiger partial charge in [-0.2, -0.15) is 0 Å². The van der Waals surface area contributed by atoms with E-state index >= 15 is 0 Å². The van der Waals surface area contributed by atoms with E-state index in [-0.39, 0.29) is 37.9 Å². The molecule has 0 aromatic heterocycles. The van der Waals surface area contributed by atoms with Crippen molar-refractivity contribution in [3.8, 4) is 11.5 Å². The van der Waals surface area contributed by atoms with E-state index in [2.05, 4.69) is 0 Å². The molecule has 1 saturated heterocycles. The van der Waals surface area contributed by atoms with Crippen molar-refractivity contribution in [1.82, 2.24) is 0 Å². The van der Waals surface area contributed by atoms with Crippen LogP contribution in [0.25, 0.3) is 0 Å². The van der Waals surface area contributed by atoms with E-state index < -0.39 is 38.5 Å². The van der Waals surface area contributed by atoms with Crippen LogP contribution in [0.4, 0.5) is 0 Å². The first-order chi connectivity index (χ1) is 27.6. The third kappa shape index (κ3) is 11.5. The normalized spacial score (nSPS) is 19.6. The van der Waals surface area contributed by atoms with E-state index in [9.17, 15) is 4.57 Å². The monoisotopic (exact) mass is 772 g/mol. The number of benzene rings is 6. The largest absolute Gasteiger partial charge is 0.590 e. The molecule has 0 bridgehead atoms. The molecule has 0 radical (unpaired) electrons. The molecule has 288 valence electrons. The molecule has 0 saturated carbocycles. The number of phosphoric acid groups is 1. The molecular weight excluding hydrogens is 727 g/mol. The Labute approximate surface area is 328 Å². The minimum Gasteiger partial charge on any atom is -0.395 e. The first-order valence-electron chi connectivity index (χ1n) is 18.6. The quantitative estimate of drug-likeness (QED) is 0.0747. The lowest BCUT2D eigenvalue weighted by Crippen LogP contribution is -2.61. The summed E-state index contributed by atoms with van der Waals surface area (Å²) >= 11 is 0. The zero-order valence-electron chi connectivity index (χ0n) is 30.9. The summed E-state index contributed by atoms with van der Waals surface area (Å²) in [6.07, 6.45) is -4.63. The minimum absolute atomic E-state index is 0.0915. The van der Waals surface area contributed by atoms with Gasteiger partial charge in [0.15, 0.2) is 0 Å². The molecule has 5 atom stereocenters. The Bertz CT molecular complexity index is 2000. The summed E-state index contributed by atoms with van der Waals surface area (Å²) in [5.74, 6) is 0.570. The topological polar surface area (TPSA) is 90.9 Å². The van der Waals surface area contributed by atoms with Gasteiger partial charge in [0.2, 0.25) is 6.29 Å². The van der Waals surface area contributed by atoms with Crippen molar-refractivity contribution in [2.45, 2.75) is 57.1 Å². The minimum atomic E-state index is -4.49. The summed E-state index contributed by atoms with van der Waals surface area (Å²) in [5.41, 5.74) is 3.82. The average Bonchev–Trinajstić information content (AvgIpc) is 3.24. The summed E-state index contributed by atoms with van der Waals surface area (Å²) in [6, 6.07) is 56.8. The summed E-state index contributed by atoms with van der Waals surface area (Å²) in [5, 5.41) is 0. The Morgan fingerprint density at radius 1 is 0.429 bits per heavy atom. The number of phosphoric ester groups is 1. The number of rotatable bonds is 19. The third-order valence-corrected chi connectivity index (χ3v) is 10.3. The molecule has 0 spiro atoms. The summed E-state index contributed by atoms with van der Waals surface area (Å²) in [4.78, 5) is 0. The van der Waals surface area contributed by atoms with Gasteiger partial charge in [-0.3, -0.25) is 0 Å². The Hall–Kier alpha value is -5.09. The number of para-hydroxylation sites is 2. The van der Waals surface area contributed by atoms with Crippen LogP contribution in [-0.4, -0.2) is 37.3 Å². The fourth-order valence-corrected chi connectivity index (χ4v) is 7.55. The number of ether oxygens (including phenoxy) is 5. The van der Waals surface area contributed by atoms with Crippen LogP contribution < -0.4 is 9.05 Å². The van der Waals surface area contributed by atoms with Crippen molar-refractivity contribution in [3.05, 3.63) is 204 Å². The van der Waals surface area contributed by atoms with Crippen LogP contribution in [0, 0.1) is 0 Å². The molecule has 6 aromatic rings. The smallest absolute Gasteiger partial charge is 0.395 e. The SMILES string of the molecule is O=P(Oc1ccccc1)(Oc1ccccc1)O[C@H]1O[C@H](COCc2ccccc2)[C@@H](OCc2ccccc2)[C@H](OCc2ccccc2)[C@H]1OCc1ccccc1. The molecule has 0 unspecified atom stereocenters. The molecule has 0 N–H and O–H groups in total. The Morgan fingerprint density at radius 2 is 0.786 bits per heavy atom. The van der Waals surface area contributed by atoms with Crippen LogP contribution in [0.5, 0.6) is 11.5 Å². The number of hydrogen-bond acceptors (Lipinski definition) is 9. The lowest BCUT2D eigenvalue weighted by Gasteiger charge is -2.46. The second kappa shape index (κ2) is 20.2. The molecule has 1 fully saturated rings. The van der Waals surface area contributed by atoms with E-state index in [4.69, 9.17) is 37.3 Å². The highest BCUT2D eigenvalue weighted by atomic mass is 31.2. The average molecular weight is 773 g/mol. The lowest BCUT2D eigenvalue weighted by molar-refractivity contribution is -0.312.